The molecule has 0 bridgehead atoms. The van der Waals surface area contributed by atoms with E-state index in [1.807, 2.05) is 12.1 Å². The van der Waals surface area contributed by atoms with Crippen LogP contribution in [0.2, 0.25) is 10.0 Å². The summed E-state index contributed by atoms with van der Waals surface area (Å²) in [6.45, 7) is 6.67. The summed E-state index contributed by atoms with van der Waals surface area (Å²) in [5.74, 6) is -0.543. The average Bonchev–Trinajstić information content (AvgIpc) is 3.18. The number of aromatic nitrogens is 2. The Hall–Kier alpha value is -2.63. The quantitative estimate of drug-likeness (QED) is 0.294. The van der Waals surface area contributed by atoms with Crippen molar-refractivity contribution in [2.24, 2.45) is 5.16 Å². The van der Waals surface area contributed by atoms with Crippen LogP contribution in [0.4, 0.5) is 0 Å². The smallest absolute Gasteiger partial charge is 0.331 e. The molecule has 0 N–H and O–H groups in total. The van der Waals surface area contributed by atoms with Gasteiger partial charge in [0.25, 0.3) is 0 Å². The fourth-order valence-electron chi connectivity index (χ4n) is 2.70. The molecule has 150 valence electrons. The van der Waals surface area contributed by atoms with E-state index in [0.717, 1.165) is 5.56 Å². The van der Waals surface area contributed by atoms with Gasteiger partial charge in [-0.3, -0.25) is 0 Å². The zero-order valence-corrected chi connectivity index (χ0v) is 17.9. The summed E-state index contributed by atoms with van der Waals surface area (Å²) >= 11 is 12.3. The minimum Gasteiger partial charge on any atom is -0.331 e. The number of carbonyl (C=O) groups is 1. The topological polar surface area (TPSA) is 56.5 Å². The van der Waals surface area contributed by atoms with Gasteiger partial charge in [-0.15, -0.1) is 0 Å². The number of benzene rings is 2. The Balaban J connectivity index is 1.84. The predicted molar refractivity (Wildman–Crippen MR) is 116 cm³/mol. The lowest BCUT2D eigenvalue weighted by Crippen LogP contribution is -2.14. The fourth-order valence-corrected chi connectivity index (χ4v) is 3.21. The number of imidazole rings is 1. The molecule has 0 fully saturated rings. The lowest BCUT2D eigenvalue weighted by molar-refractivity contribution is 0.0515. The molecule has 0 saturated heterocycles. The third kappa shape index (κ3) is 5.46. The van der Waals surface area contributed by atoms with Crippen LogP contribution < -0.4 is 0 Å². The van der Waals surface area contributed by atoms with Crippen LogP contribution in [0.25, 0.3) is 0 Å². The summed E-state index contributed by atoms with van der Waals surface area (Å²) in [6.07, 6.45) is 5.09. The molecule has 0 spiro atoms. The Morgan fingerprint density at radius 1 is 1.14 bits per heavy atom. The molecule has 0 aliphatic heterocycles. The number of nitrogens with zero attached hydrogens (tertiary/aromatic N) is 3. The highest BCUT2D eigenvalue weighted by Crippen LogP contribution is 2.24. The molecule has 5 nitrogen and oxygen atoms in total. The summed E-state index contributed by atoms with van der Waals surface area (Å²) < 4.78 is 1.80. The van der Waals surface area contributed by atoms with Crippen molar-refractivity contribution in [2.75, 3.05) is 0 Å². The summed E-state index contributed by atoms with van der Waals surface area (Å²) in [7, 11) is 0. The van der Waals surface area contributed by atoms with Crippen LogP contribution in [0.15, 0.2) is 66.3 Å². The number of carbonyl (C=O) groups excluding carboxylic acids is 1. The van der Waals surface area contributed by atoms with Crippen molar-refractivity contribution in [3.63, 3.8) is 0 Å². The zero-order chi connectivity index (χ0) is 21.0. The van der Waals surface area contributed by atoms with E-state index < -0.39 is 5.97 Å². The van der Waals surface area contributed by atoms with E-state index >= 15 is 0 Å². The molecular weight excluding hydrogens is 409 g/mol. The monoisotopic (exact) mass is 429 g/mol. The number of hydrogen-bond acceptors (Lipinski definition) is 4. The molecular formula is C22H21Cl2N3O2. The zero-order valence-electron chi connectivity index (χ0n) is 16.4. The molecule has 0 radical (unpaired) electrons. The summed E-state index contributed by atoms with van der Waals surface area (Å²) in [5.41, 5.74) is 2.66. The maximum absolute atomic E-state index is 12.5. The van der Waals surface area contributed by atoms with Crippen LogP contribution in [0, 0.1) is 0 Å². The molecule has 0 unspecified atom stereocenters. The third-order valence-corrected chi connectivity index (χ3v) is 4.91. The van der Waals surface area contributed by atoms with Crippen LogP contribution in [0.3, 0.4) is 0 Å². The first-order chi connectivity index (χ1) is 13.7. The average molecular weight is 430 g/mol. The fraction of sp³-hybridized carbons (Fsp3) is 0.227. The SMILES string of the molecule is CC(C)(C)c1ccc(C(=O)O/N=C(\Cn2ccnc2)c2ccc(Cl)cc2Cl)cc1. The van der Waals surface area contributed by atoms with Crippen molar-refractivity contribution in [1.82, 2.24) is 9.55 Å². The summed E-state index contributed by atoms with van der Waals surface area (Å²) in [5, 5.41) is 5.03. The van der Waals surface area contributed by atoms with E-state index in [2.05, 4.69) is 30.9 Å². The van der Waals surface area contributed by atoms with Gasteiger partial charge in [0.15, 0.2) is 0 Å². The first kappa shape index (κ1) is 21.1. The van der Waals surface area contributed by atoms with Gasteiger partial charge in [-0.05, 0) is 41.3 Å². The van der Waals surface area contributed by atoms with Gasteiger partial charge in [0.1, 0.15) is 5.71 Å². The van der Waals surface area contributed by atoms with Crippen LogP contribution in [-0.2, 0) is 16.8 Å². The van der Waals surface area contributed by atoms with Crippen LogP contribution in [0.5, 0.6) is 0 Å². The van der Waals surface area contributed by atoms with Gasteiger partial charge < -0.3 is 9.40 Å². The van der Waals surface area contributed by atoms with E-state index in [-0.39, 0.29) is 5.41 Å². The van der Waals surface area contributed by atoms with Crippen molar-refractivity contribution in [3.8, 4) is 0 Å². The maximum Gasteiger partial charge on any atom is 0.365 e. The van der Waals surface area contributed by atoms with E-state index in [0.29, 0.717) is 33.4 Å². The van der Waals surface area contributed by atoms with E-state index in [1.165, 1.54) is 0 Å². The molecule has 3 rings (SSSR count). The predicted octanol–water partition coefficient (Wildman–Crippen LogP) is 5.75. The molecule has 0 aliphatic rings. The van der Waals surface area contributed by atoms with Gasteiger partial charge >= 0.3 is 5.97 Å². The first-order valence-electron chi connectivity index (χ1n) is 9.04. The van der Waals surface area contributed by atoms with E-state index in [1.54, 1.807) is 53.6 Å². The lowest BCUT2D eigenvalue weighted by Gasteiger charge is -2.18. The van der Waals surface area contributed by atoms with E-state index in [9.17, 15) is 4.79 Å². The first-order valence-corrected chi connectivity index (χ1v) is 9.79. The van der Waals surface area contributed by atoms with Gasteiger partial charge in [-0.2, -0.15) is 0 Å². The largest absolute Gasteiger partial charge is 0.365 e. The van der Waals surface area contributed by atoms with Crippen molar-refractivity contribution in [1.29, 1.82) is 0 Å². The van der Waals surface area contributed by atoms with Crippen molar-refractivity contribution < 1.29 is 9.63 Å². The van der Waals surface area contributed by atoms with Crippen molar-refractivity contribution in [2.45, 2.75) is 32.7 Å². The number of rotatable bonds is 5. The summed E-state index contributed by atoms with van der Waals surface area (Å²) in [4.78, 5) is 21.7. The Bertz CT molecular complexity index is 1020. The molecule has 3 aromatic rings. The highest BCUT2D eigenvalue weighted by atomic mass is 35.5. The van der Waals surface area contributed by atoms with Crippen LogP contribution in [-0.4, -0.2) is 21.2 Å². The molecule has 0 saturated carbocycles. The Morgan fingerprint density at radius 3 is 2.45 bits per heavy atom. The third-order valence-electron chi connectivity index (χ3n) is 4.36. The van der Waals surface area contributed by atoms with Crippen LogP contribution in [0.1, 0.15) is 42.3 Å². The second kappa shape index (κ2) is 8.80. The van der Waals surface area contributed by atoms with Crippen LogP contribution >= 0.6 is 23.2 Å². The van der Waals surface area contributed by atoms with Gasteiger partial charge in [0.05, 0.1) is 23.5 Å². The minimum absolute atomic E-state index is 0.00386. The second-order valence-electron chi connectivity index (χ2n) is 7.60. The van der Waals surface area contributed by atoms with Gasteiger partial charge in [-0.1, -0.05) is 61.3 Å². The molecule has 1 aromatic heterocycles. The number of halogens is 2. The highest BCUT2D eigenvalue weighted by Gasteiger charge is 2.16. The molecule has 7 heteroatoms. The maximum atomic E-state index is 12.5. The number of oxime groups is 1. The molecule has 2 aromatic carbocycles. The molecule has 0 aliphatic carbocycles. The van der Waals surface area contributed by atoms with Gasteiger partial charge in [0.2, 0.25) is 0 Å². The van der Waals surface area contributed by atoms with E-state index in [4.69, 9.17) is 28.0 Å². The minimum atomic E-state index is -0.543. The Kier molecular flexibility index (Phi) is 6.40. The van der Waals surface area contributed by atoms with Crippen molar-refractivity contribution in [3.05, 3.63) is 87.9 Å². The molecule has 1 heterocycles. The number of hydrogen-bond donors (Lipinski definition) is 0. The molecule has 29 heavy (non-hydrogen) atoms. The normalized spacial score (nSPS) is 12.1. The highest BCUT2D eigenvalue weighted by molar-refractivity contribution is 6.37. The van der Waals surface area contributed by atoms with Gasteiger partial charge in [0, 0.05) is 23.0 Å². The van der Waals surface area contributed by atoms with Gasteiger partial charge in [-0.25, -0.2) is 9.78 Å². The molecule has 0 amide bonds. The Labute approximate surface area is 179 Å². The Morgan fingerprint density at radius 2 is 1.86 bits per heavy atom. The standard InChI is InChI=1S/C22H21Cl2N3O2/c1-22(2,3)16-6-4-15(5-7-16)21(28)29-26-20(13-27-11-10-25-14-27)18-9-8-17(23)12-19(18)24/h4-12,14H,13H2,1-3H3/b26-20+. The van der Waals surface area contributed by atoms with Crippen molar-refractivity contribution >= 4 is 34.9 Å². The second-order valence-corrected chi connectivity index (χ2v) is 8.45. The lowest BCUT2D eigenvalue weighted by atomic mass is 9.87. The summed E-state index contributed by atoms with van der Waals surface area (Å²) in [6, 6.07) is 12.4. The molecule has 0 atom stereocenters.